The summed E-state index contributed by atoms with van der Waals surface area (Å²) >= 11 is 0. The maximum absolute atomic E-state index is 13.7. The molecule has 0 spiro atoms. The van der Waals surface area contributed by atoms with Crippen molar-refractivity contribution < 1.29 is 13.6 Å². The fourth-order valence-corrected chi connectivity index (χ4v) is 1.83. The summed E-state index contributed by atoms with van der Waals surface area (Å²) in [5.74, 6) is -2.14. The molecule has 1 aromatic heterocycles. The molecule has 1 heterocycles. The van der Waals surface area contributed by atoms with E-state index >= 15 is 0 Å². The monoisotopic (exact) mass is 291 g/mol. The second-order valence-electron chi connectivity index (χ2n) is 4.35. The summed E-state index contributed by atoms with van der Waals surface area (Å²) in [6.45, 7) is 2.31. The van der Waals surface area contributed by atoms with Gasteiger partial charge in [-0.05, 0) is 31.2 Å². The number of halogens is 2. The molecule has 0 aliphatic heterocycles. The summed E-state index contributed by atoms with van der Waals surface area (Å²) in [5, 5.41) is 5.14. The highest BCUT2D eigenvalue weighted by Gasteiger charge is 2.14. The largest absolute Gasteiger partial charge is 0.381 e. The van der Waals surface area contributed by atoms with Gasteiger partial charge in [-0.1, -0.05) is 6.07 Å². The van der Waals surface area contributed by atoms with Crippen LogP contribution >= 0.6 is 0 Å². The molecule has 4 nitrogen and oxygen atoms in total. The predicted molar refractivity (Wildman–Crippen MR) is 75.9 cm³/mol. The van der Waals surface area contributed by atoms with E-state index in [9.17, 15) is 13.6 Å². The SMILES string of the molecule is CCNc1c(F)cc(C(=O)NCc2ccccn2)cc1F. The minimum atomic E-state index is -0.792. The molecule has 2 aromatic rings. The molecular weight excluding hydrogens is 276 g/mol. The lowest BCUT2D eigenvalue weighted by Gasteiger charge is -2.09. The first-order chi connectivity index (χ1) is 10.1. The van der Waals surface area contributed by atoms with E-state index in [0.29, 0.717) is 12.2 Å². The third-order valence-electron chi connectivity index (χ3n) is 2.81. The van der Waals surface area contributed by atoms with Crippen molar-refractivity contribution in [3.8, 4) is 0 Å². The zero-order valence-corrected chi connectivity index (χ0v) is 11.5. The topological polar surface area (TPSA) is 54.0 Å². The number of carbonyl (C=O) groups is 1. The van der Waals surface area contributed by atoms with Crippen LogP contribution in [-0.2, 0) is 6.54 Å². The average Bonchev–Trinajstić information content (AvgIpc) is 2.49. The molecule has 0 radical (unpaired) electrons. The Morgan fingerprint density at radius 1 is 1.24 bits per heavy atom. The summed E-state index contributed by atoms with van der Waals surface area (Å²) in [7, 11) is 0. The molecule has 0 fully saturated rings. The molecule has 1 aromatic carbocycles. The Kier molecular flexibility index (Phi) is 4.81. The van der Waals surface area contributed by atoms with Crippen LogP contribution < -0.4 is 10.6 Å². The van der Waals surface area contributed by atoms with Crippen LogP contribution in [0.3, 0.4) is 0 Å². The number of benzene rings is 1. The summed E-state index contributed by atoms with van der Waals surface area (Å²) in [6.07, 6.45) is 1.60. The van der Waals surface area contributed by atoms with Gasteiger partial charge in [0, 0.05) is 18.3 Å². The van der Waals surface area contributed by atoms with Crippen LogP contribution in [0.2, 0.25) is 0 Å². The number of carbonyl (C=O) groups excluding carboxylic acids is 1. The quantitative estimate of drug-likeness (QED) is 0.890. The van der Waals surface area contributed by atoms with E-state index < -0.39 is 17.5 Å². The molecule has 6 heteroatoms. The van der Waals surface area contributed by atoms with Crippen molar-refractivity contribution in [2.24, 2.45) is 0 Å². The lowest BCUT2D eigenvalue weighted by atomic mass is 10.1. The van der Waals surface area contributed by atoms with Crippen LogP contribution in [0.5, 0.6) is 0 Å². The molecule has 0 saturated heterocycles. The number of aromatic nitrogens is 1. The predicted octanol–water partition coefficient (Wildman–Crippen LogP) is 2.72. The lowest BCUT2D eigenvalue weighted by molar-refractivity contribution is 0.0949. The Labute approximate surface area is 121 Å². The number of nitrogens with one attached hydrogen (secondary N) is 2. The van der Waals surface area contributed by atoms with Gasteiger partial charge in [-0.3, -0.25) is 9.78 Å². The van der Waals surface area contributed by atoms with E-state index in [1.165, 1.54) is 0 Å². The fourth-order valence-electron chi connectivity index (χ4n) is 1.83. The first-order valence-electron chi connectivity index (χ1n) is 6.53. The number of rotatable bonds is 5. The summed E-state index contributed by atoms with van der Waals surface area (Å²) in [5.41, 5.74) is 0.373. The van der Waals surface area contributed by atoms with Crippen LogP contribution in [0.4, 0.5) is 14.5 Å². The van der Waals surface area contributed by atoms with E-state index in [2.05, 4.69) is 15.6 Å². The van der Waals surface area contributed by atoms with Crippen molar-refractivity contribution >= 4 is 11.6 Å². The number of anilines is 1. The number of amides is 1. The van der Waals surface area contributed by atoms with Crippen LogP contribution in [0, 0.1) is 11.6 Å². The van der Waals surface area contributed by atoms with Gasteiger partial charge in [-0.2, -0.15) is 0 Å². The van der Waals surface area contributed by atoms with E-state index in [4.69, 9.17) is 0 Å². The maximum atomic E-state index is 13.7. The molecule has 2 rings (SSSR count). The number of pyridine rings is 1. The molecule has 1 amide bonds. The Morgan fingerprint density at radius 3 is 2.52 bits per heavy atom. The van der Waals surface area contributed by atoms with Gasteiger partial charge in [-0.25, -0.2) is 8.78 Å². The maximum Gasteiger partial charge on any atom is 0.251 e. The van der Waals surface area contributed by atoms with Crippen molar-refractivity contribution in [3.05, 3.63) is 59.4 Å². The lowest BCUT2D eigenvalue weighted by Crippen LogP contribution is -2.23. The molecular formula is C15H15F2N3O. The van der Waals surface area contributed by atoms with Gasteiger partial charge in [0.1, 0.15) is 17.3 Å². The van der Waals surface area contributed by atoms with Crippen LogP contribution in [0.1, 0.15) is 23.0 Å². The smallest absolute Gasteiger partial charge is 0.251 e. The van der Waals surface area contributed by atoms with Gasteiger partial charge in [0.2, 0.25) is 0 Å². The van der Waals surface area contributed by atoms with Gasteiger partial charge >= 0.3 is 0 Å². The standard InChI is InChI=1S/C15H15F2N3O/c1-2-18-14-12(16)7-10(8-13(14)17)15(21)20-9-11-5-3-4-6-19-11/h3-8,18H,2,9H2,1H3,(H,20,21). The van der Waals surface area contributed by atoms with Crippen LogP contribution in [0.15, 0.2) is 36.5 Å². The molecule has 0 saturated carbocycles. The van der Waals surface area contributed by atoms with Gasteiger partial charge in [0.15, 0.2) is 0 Å². The fraction of sp³-hybridized carbons (Fsp3) is 0.200. The highest BCUT2D eigenvalue weighted by molar-refractivity contribution is 5.94. The van der Waals surface area contributed by atoms with Crippen molar-refractivity contribution in [2.45, 2.75) is 13.5 Å². The second-order valence-corrected chi connectivity index (χ2v) is 4.35. The highest BCUT2D eigenvalue weighted by Crippen LogP contribution is 2.20. The second kappa shape index (κ2) is 6.78. The molecule has 21 heavy (non-hydrogen) atoms. The Balaban J connectivity index is 2.09. The minimum absolute atomic E-state index is 0.0671. The number of hydrogen-bond donors (Lipinski definition) is 2. The highest BCUT2D eigenvalue weighted by atomic mass is 19.1. The van der Waals surface area contributed by atoms with Gasteiger partial charge in [0.25, 0.3) is 5.91 Å². The van der Waals surface area contributed by atoms with Crippen molar-refractivity contribution in [3.63, 3.8) is 0 Å². The summed E-state index contributed by atoms with van der Waals surface area (Å²) in [6, 6.07) is 7.31. The molecule has 0 aliphatic rings. The minimum Gasteiger partial charge on any atom is -0.381 e. The van der Waals surface area contributed by atoms with Crippen LogP contribution in [0.25, 0.3) is 0 Å². The molecule has 110 valence electrons. The first-order valence-corrected chi connectivity index (χ1v) is 6.53. The van der Waals surface area contributed by atoms with Gasteiger partial charge < -0.3 is 10.6 Å². The number of hydrogen-bond acceptors (Lipinski definition) is 3. The normalized spacial score (nSPS) is 10.2. The summed E-state index contributed by atoms with van der Waals surface area (Å²) in [4.78, 5) is 15.9. The zero-order valence-electron chi connectivity index (χ0n) is 11.5. The molecule has 0 atom stereocenters. The zero-order chi connectivity index (χ0) is 15.2. The van der Waals surface area contributed by atoms with E-state index in [-0.39, 0.29) is 17.8 Å². The average molecular weight is 291 g/mol. The Bertz CT molecular complexity index is 609. The Morgan fingerprint density at radius 2 is 1.95 bits per heavy atom. The molecule has 0 unspecified atom stereocenters. The third kappa shape index (κ3) is 3.75. The molecule has 2 N–H and O–H groups in total. The van der Waals surface area contributed by atoms with Crippen LogP contribution in [-0.4, -0.2) is 17.4 Å². The third-order valence-corrected chi connectivity index (χ3v) is 2.81. The van der Waals surface area contributed by atoms with Crippen molar-refractivity contribution in [1.82, 2.24) is 10.3 Å². The van der Waals surface area contributed by atoms with Crippen molar-refractivity contribution in [1.29, 1.82) is 0 Å². The first kappa shape index (κ1) is 14.9. The van der Waals surface area contributed by atoms with Gasteiger partial charge in [0.05, 0.1) is 12.2 Å². The number of nitrogens with zero attached hydrogens (tertiary/aromatic N) is 1. The van der Waals surface area contributed by atoms with Gasteiger partial charge in [-0.15, -0.1) is 0 Å². The molecule has 0 bridgehead atoms. The molecule has 0 aliphatic carbocycles. The van der Waals surface area contributed by atoms with E-state index in [1.807, 2.05) is 0 Å². The van der Waals surface area contributed by atoms with Crippen molar-refractivity contribution in [2.75, 3.05) is 11.9 Å². The van der Waals surface area contributed by atoms with E-state index in [0.717, 1.165) is 12.1 Å². The summed E-state index contributed by atoms with van der Waals surface area (Å²) < 4.78 is 27.5. The van der Waals surface area contributed by atoms with E-state index in [1.54, 1.807) is 31.3 Å². The Hall–Kier alpha value is -2.50.